The lowest BCUT2D eigenvalue weighted by molar-refractivity contribution is -0.125. The standard InChI is InChI=1S/C22H26N2O3/c1-15(2)23-21(25)20-14-24(22(26)16-8-5-4-6-9-16)13-19(20)17-10-7-11-18(12-17)27-3/h4-12,15,19-20H,13-14H2,1-3H3,(H,23,25)/t19-,20+/m1/s1. The molecule has 0 spiro atoms. The number of hydrogen-bond donors (Lipinski definition) is 1. The normalized spacial score (nSPS) is 19.2. The SMILES string of the molecule is COc1cccc([C@H]2CN(C(=O)c3ccccc3)C[C@@H]2C(=O)NC(C)C)c1. The highest BCUT2D eigenvalue weighted by molar-refractivity contribution is 5.95. The molecule has 1 N–H and O–H groups in total. The lowest BCUT2D eigenvalue weighted by Gasteiger charge is -2.20. The van der Waals surface area contributed by atoms with E-state index < -0.39 is 0 Å². The van der Waals surface area contributed by atoms with Gasteiger partial charge in [-0.2, -0.15) is 0 Å². The largest absolute Gasteiger partial charge is 0.497 e. The van der Waals surface area contributed by atoms with Crippen molar-refractivity contribution in [2.45, 2.75) is 25.8 Å². The minimum Gasteiger partial charge on any atom is -0.497 e. The Bertz CT molecular complexity index is 804. The average Bonchev–Trinajstić information content (AvgIpc) is 3.13. The maximum absolute atomic E-state index is 12.9. The number of methoxy groups -OCH3 is 1. The minimum atomic E-state index is -0.285. The highest BCUT2D eigenvalue weighted by atomic mass is 16.5. The molecular weight excluding hydrogens is 340 g/mol. The van der Waals surface area contributed by atoms with Crippen molar-refractivity contribution in [2.75, 3.05) is 20.2 Å². The third-order valence-corrected chi connectivity index (χ3v) is 4.92. The lowest BCUT2D eigenvalue weighted by Crippen LogP contribution is -2.39. The van der Waals surface area contributed by atoms with E-state index in [-0.39, 0.29) is 29.7 Å². The van der Waals surface area contributed by atoms with Crippen molar-refractivity contribution in [3.8, 4) is 5.75 Å². The van der Waals surface area contributed by atoms with Gasteiger partial charge in [0.2, 0.25) is 5.91 Å². The molecule has 0 saturated carbocycles. The molecule has 27 heavy (non-hydrogen) atoms. The van der Waals surface area contributed by atoms with Gasteiger partial charge in [-0.25, -0.2) is 0 Å². The molecule has 0 aromatic heterocycles. The van der Waals surface area contributed by atoms with E-state index in [2.05, 4.69) is 5.32 Å². The molecule has 5 heteroatoms. The zero-order valence-electron chi connectivity index (χ0n) is 16.0. The Balaban J connectivity index is 1.88. The van der Waals surface area contributed by atoms with Gasteiger partial charge in [-0.15, -0.1) is 0 Å². The molecular formula is C22H26N2O3. The number of ether oxygens (including phenoxy) is 1. The first-order valence-electron chi connectivity index (χ1n) is 9.28. The van der Waals surface area contributed by atoms with Crippen LogP contribution in [0.25, 0.3) is 0 Å². The molecule has 5 nitrogen and oxygen atoms in total. The number of nitrogens with zero attached hydrogens (tertiary/aromatic N) is 1. The third kappa shape index (κ3) is 4.30. The summed E-state index contributed by atoms with van der Waals surface area (Å²) >= 11 is 0. The van der Waals surface area contributed by atoms with Gasteiger partial charge in [-0.3, -0.25) is 9.59 Å². The topological polar surface area (TPSA) is 58.6 Å². The molecule has 2 aromatic rings. The second-order valence-corrected chi connectivity index (χ2v) is 7.23. The van der Waals surface area contributed by atoms with Crippen LogP contribution in [-0.2, 0) is 4.79 Å². The number of likely N-dealkylation sites (tertiary alicyclic amines) is 1. The Hall–Kier alpha value is -2.82. The molecule has 3 rings (SSSR count). The van der Waals surface area contributed by atoms with E-state index in [1.807, 2.05) is 68.4 Å². The second kappa shape index (κ2) is 8.25. The molecule has 0 unspecified atom stereocenters. The van der Waals surface area contributed by atoms with Crippen molar-refractivity contribution in [2.24, 2.45) is 5.92 Å². The molecule has 1 aliphatic rings. The summed E-state index contributed by atoms with van der Waals surface area (Å²) in [6.07, 6.45) is 0. The number of hydrogen-bond acceptors (Lipinski definition) is 3. The number of amides is 2. The van der Waals surface area contributed by atoms with Crippen LogP contribution in [0.5, 0.6) is 5.75 Å². The predicted molar refractivity (Wildman–Crippen MR) is 105 cm³/mol. The van der Waals surface area contributed by atoms with Crippen molar-refractivity contribution >= 4 is 11.8 Å². The maximum atomic E-state index is 12.9. The van der Waals surface area contributed by atoms with Crippen LogP contribution in [0.15, 0.2) is 54.6 Å². The van der Waals surface area contributed by atoms with Crippen LogP contribution < -0.4 is 10.1 Å². The smallest absolute Gasteiger partial charge is 0.253 e. The van der Waals surface area contributed by atoms with Crippen molar-refractivity contribution in [1.29, 1.82) is 0 Å². The number of rotatable bonds is 5. The van der Waals surface area contributed by atoms with E-state index in [9.17, 15) is 9.59 Å². The molecule has 0 bridgehead atoms. The third-order valence-electron chi connectivity index (χ3n) is 4.92. The molecule has 0 aliphatic carbocycles. The van der Waals surface area contributed by atoms with Gasteiger partial charge in [0, 0.05) is 30.6 Å². The number of carbonyl (C=O) groups is 2. The minimum absolute atomic E-state index is 0.0128. The van der Waals surface area contributed by atoms with Gasteiger partial charge in [0.05, 0.1) is 13.0 Å². The monoisotopic (exact) mass is 366 g/mol. The lowest BCUT2D eigenvalue weighted by atomic mass is 9.88. The quantitative estimate of drug-likeness (QED) is 0.885. The van der Waals surface area contributed by atoms with Crippen molar-refractivity contribution < 1.29 is 14.3 Å². The van der Waals surface area contributed by atoms with Crippen molar-refractivity contribution in [3.63, 3.8) is 0 Å². The Morgan fingerprint density at radius 2 is 1.81 bits per heavy atom. The molecule has 1 heterocycles. The van der Waals surface area contributed by atoms with Gasteiger partial charge in [-0.1, -0.05) is 30.3 Å². The predicted octanol–water partition coefficient (Wildman–Crippen LogP) is 3.08. The van der Waals surface area contributed by atoms with E-state index in [4.69, 9.17) is 4.74 Å². The van der Waals surface area contributed by atoms with Crippen LogP contribution in [0.2, 0.25) is 0 Å². The molecule has 0 radical (unpaired) electrons. The summed E-state index contributed by atoms with van der Waals surface area (Å²) in [5.74, 6) is 0.353. The molecule has 2 atom stereocenters. The summed E-state index contributed by atoms with van der Waals surface area (Å²) in [5.41, 5.74) is 1.66. The van der Waals surface area contributed by atoms with E-state index in [1.54, 1.807) is 12.0 Å². The fraction of sp³-hybridized carbons (Fsp3) is 0.364. The van der Waals surface area contributed by atoms with Gasteiger partial charge < -0.3 is 15.0 Å². The maximum Gasteiger partial charge on any atom is 0.253 e. The van der Waals surface area contributed by atoms with Gasteiger partial charge in [0.15, 0.2) is 0 Å². The first kappa shape index (κ1) is 19.0. The van der Waals surface area contributed by atoms with Crippen LogP contribution >= 0.6 is 0 Å². The van der Waals surface area contributed by atoms with Crippen LogP contribution in [0.1, 0.15) is 35.7 Å². The van der Waals surface area contributed by atoms with Crippen molar-refractivity contribution in [3.05, 3.63) is 65.7 Å². The summed E-state index contributed by atoms with van der Waals surface area (Å²) in [5, 5.41) is 3.00. The summed E-state index contributed by atoms with van der Waals surface area (Å²) in [6.45, 7) is 4.81. The summed E-state index contributed by atoms with van der Waals surface area (Å²) in [4.78, 5) is 27.5. The van der Waals surface area contributed by atoms with Gasteiger partial charge in [-0.05, 0) is 43.7 Å². The van der Waals surface area contributed by atoms with Gasteiger partial charge in [0.1, 0.15) is 5.75 Å². The molecule has 1 fully saturated rings. The zero-order valence-corrected chi connectivity index (χ0v) is 16.0. The van der Waals surface area contributed by atoms with Crippen LogP contribution in [0.3, 0.4) is 0 Å². The molecule has 142 valence electrons. The second-order valence-electron chi connectivity index (χ2n) is 7.23. The number of carbonyl (C=O) groups excluding carboxylic acids is 2. The fourth-order valence-corrected chi connectivity index (χ4v) is 3.60. The van der Waals surface area contributed by atoms with Gasteiger partial charge in [0.25, 0.3) is 5.91 Å². The number of nitrogens with one attached hydrogen (secondary N) is 1. The van der Waals surface area contributed by atoms with E-state index in [0.29, 0.717) is 18.7 Å². The average molecular weight is 366 g/mol. The summed E-state index contributed by atoms with van der Waals surface area (Å²) in [7, 11) is 1.63. The van der Waals surface area contributed by atoms with Gasteiger partial charge >= 0.3 is 0 Å². The first-order chi connectivity index (χ1) is 13.0. The molecule has 2 amide bonds. The highest BCUT2D eigenvalue weighted by Gasteiger charge is 2.40. The van der Waals surface area contributed by atoms with Crippen molar-refractivity contribution in [1.82, 2.24) is 10.2 Å². The molecule has 1 saturated heterocycles. The first-order valence-corrected chi connectivity index (χ1v) is 9.28. The Kier molecular flexibility index (Phi) is 5.79. The fourth-order valence-electron chi connectivity index (χ4n) is 3.60. The molecule has 1 aliphatic heterocycles. The Morgan fingerprint density at radius 3 is 2.48 bits per heavy atom. The van der Waals surface area contributed by atoms with E-state index in [1.165, 1.54) is 0 Å². The van der Waals surface area contributed by atoms with Crippen LogP contribution in [0, 0.1) is 5.92 Å². The summed E-state index contributed by atoms with van der Waals surface area (Å²) < 4.78 is 5.34. The molecule has 2 aromatic carbocycles. The summed E-state index contributed by atoms with van der Waals surface area (Å²) in [6, 6.07) is 17.0. The highest BCUT2D eigenvalue weighted by Crippen LogP contribution is 2.35. The Morgan fingerprint density at radius 1 is 1.07 bits per heavy atom. The van der Waals surface area contributed by atoms with E-state index >= 15 is 0 Å². The zero-order chi connectivity index (χ0) is 19.4. The van der Waals surface area contributed by atoms with Crippen LogP contribution in [0.4, 0.5) is 0 Å². The number of benzene rings is 2. The van der Waals surface area contributed by atoms with Crippen LogP contribution in [-0.4, -0.2) is 43.0 Å². The van der Waals surface area contributed by atoms with E-state index in [0.717, 1.165) is 11.3 Å². The Labute approximate surface area is 160 Å².